The van der Waals surface area contributed by atoms with Crippen LogP contribution in [0, 0.1) is 5.82 Å². The molecule has 0 saturated carbocycles. The molecule has 0 bridgehead atoms. The maximum absolute atomic E-state index is 12.6. The topological polar surface area (TPSA) is 49.3 Å². The van der Waals surface area contributed by atoms with Gasteiger partial charge >= 0.3 is 0 Å². The van der Waals surface area contributed by atoms with Gasteiger partial charge in [0.05, 0.1) is 0 Å². The minimum Gasteiger partial charge on any atom is -0.314 e. The maximum Gasteiger partial charge on any atom is 0.152 e. The van der Waals surface area contributed by atoms with Crippen molar-refractivity contribution < 1.29 is 13.2 Å². The molecule has 0 heterocycles. The van der Waals surface area contributed by atoms with Crippen molar-refractivity contribution >= 4 is 11.1 Å². The number of hydrogen-bond acceptors (Lipinski definition) is 2. The van der Waals surface area contributed by atoms with Gasteiger partial charge in [0.1, 0.15) is 5.82 Å². The van der Waals surface area contributed by atoms with Crippen LogP contribution in [-0.2, 0) is 17.5 Å². The van der Waals surface area contributed by atoms with Crippen molar-refractivity contribution in [3.05, 3.63) is 35.6 Å². The molecular formula is C16H30FNO2S. The Balaban J connectivity index is 0. The summed E-state index contributed by atoms with van der Waals surface area (Å²) in [5, 5.41) is 3.40. The largest absolute Gasteiger partial charge is 0.314 e. The van der Waals surface area contributed by atoms with E-state index in [-0.39, 0.29) is 5.82 Å². The fourth-order valence-corrected chi connectivity index (χ4v) is 1.44. The van der Waals surface area contributed by atoms with E-state index in [4.69, 9.17) is 4.55 Å². The van der Waals surface area contributed by atoms with Gasteiger partial charge in [-0.3, -0.25) is 0 Å². The van der Waals surface area contributed by atoms with Gasteiger partial charge in [-0.15, -0.1) is 0 Å². The Hall–Kier alpha value is -0.780. The lowest BCUT2D eigenvalue weighted by molar-refractivity contribution is 0.542. The van der Waals surface area contributed by atoms with E-state index in [0.717, 1.165) is 19.4 Å². The standard InChI is InChI=1S/C12H18FN.C2H6O2S.C2H6/c1-3-8-14-10(2)9-11-4-6-12(13)7-5-11;1-2-5(3)4;1-2/h4-7,10,14H,3,8-9H2,1-2H3;2H2,1H3,(H,3,4);1-2H3. The minimum absolute atomic E-state index is 0.164. The number of hydrogen-bond donors (Lipinski definition) is 2. The average Bonchev–Trinajstić information content (AvgIpc) is 2.50. The van der Waals surface area contributed by atoms with E-state index in [1.165, 1.54) is 17.7 Å². The molecule has 0 aromatic heterocycles. The van der Waals surface area contributed by atoms with Gasteiger partial charge in [0.15, 0.2) is 11.1 Å². The van der Waals surface area contributed by atoms with Crippen LogP contribution in [0.1, 0.15) is 46.6 Å². The molecule has 1 aromatic carbocycles. The molecule has 0 aliphatic rings. The zero-order valence-corrected chi connectivity index (χ0v) is 14.7. The van der Waals surface area contributed by atoms with E-state index < -0.39 is 11.1 Å². The van der Waals surface area contributed by atoms with Gasteiger partial charge < -0.3 is 9.87 Å². The predicted molar refractivity (Wildman–Crippen MR) is 90.5 cm³/mol. The Kier molecular flexibility index (Phi) is 16.7. The highest BCUT2D eigenvalue weighted by atomic mass is 32.2. The number of rotatable bonds is 6. The van der Waals surface area contributed by atoms with E-state index in [2.05, 4.69) is 19.2 Å². The first kappa shape index (κ1) is 22.5. The van der Waals surface area contributed by atoms with Gasteiger partial charge in [-0.1, -0.05) is 39.8 Å². The minimum atomic E-state index is -1.57. The van der Waals surface area contributed by atoms with E-state index in [1.807, 2.05) is 26.0 Å². The molecule has 0 aliphatic carbocycles. The Morgan fingerprint density at radius 1 is 1.24 bits per heavy atom. The van der Waals surface area contributed by atoms with Crippen LogP contribution in [0.15, 0.2) is 24.3 Å². The summed E-state index contributed by atoms with van der Waals surface area (Å²) in [5.41, 5.74) is 1.18. The molecule has 1 rings (SSSR count). The summed E-state index contributed by atoms with van der Waals surface area (Å²) in [7, 11) is 0. The molecule has 3 nitrogen and oxygen atoms in total. The lowest BCUT2D eigenvalue weighted by Gasteiger charge is -2.12. The molecule has 2 N–H and O–H groups in total. The molecule has 2 unspecified atom stereocenters. The van der Waals surface area contributed by atoms with Crippen molar-refractivity contribution in [1.82, 2.24) is 5.32 Å². The zero-order valence-electron chi connectivity index (χ0n) is 13.9. The van der Waals surface area contributed by atoms with Crippen molar-refractivity contribution in [3.63, 3.8) is 0 Å². The summed E-state index contributed by atoms with van der Waals surface area (Å²) in [6.07, 6.45) is 2.11. The van der Waals surface area contributed by atoms with Gasteiger partial charge in [-0.05, 0) is 44.0 Å². The molecule has 5 heteroatoms. The SMILES string of the molecule is CC.CCCNC(C)Cc1ccc(F)cc1.CCS(=O)O. The maximum atomic E-state index is 12.6. The normalized spacial score (nSPS) is 12.3. The molecule has 1 aromatic rings. The molecule has 0 saturated heterocycles. The molecule has 0 fully saturated rings. The van der Waals surface area contributed by atoms with Crippen LogP contribution in [0.3, 0.4) is 0 Å². The molecular weight excluding hydrogens is 289 g/mol. The lowest BCUT2D eigenvalue weighted by Crippen LogP contribution is -2.28. The quantitative estimate of drug-likeness (QED) is 0.779. The number of nitrogens with one attached hydrogen (secondary N) is 1. The van der Waals surface area contributed by atoms with Crippen molar-refractivity contribution in [1.29, 1.82) is 0 Å². The third-order valence-corrected chi connectivity index (χ3v) is 2.94. The highest BCUT2D eigenvalue weighted by molar-refractivity contribution is 7.79. The molecule has 0 spiro atoms. The van der Waals surface area contributed by atoms with Gasteiger partial charge in [-0.25, -0.2) is 8.60 Å². The summed E-state index contributed by atoms with van der Waals surface area (Å²) >= 11 is -1.57. The number of halogens is 1. The van der Waals surface area contributed by atoms with E-state index in [0.29, 0.717) is 11.8 Å². The van der Waals surface area contributed by atoms with Gasteiger partial charge in [0, 0.05) is 11.8 Å². The summed E-state index contributed by atoms with van der Waals surface area (Å²) in [4.78, 5) is 0. The zero-order chi connectivity index (χ0) is 16.7. The van der Waals surface area contributed by atoms with Crippen molar-refractivity contribution in [3.8, 4) is 0 Å². The van der Waals surface area contributed by atoms with E-state index in [9.17, 15) is 8.60 Å². The predicted octanol–water partition coefficient (Wildman–Crippen LogP) is 4.01. The van der Waals surface area contributed by atoms with Gasteiger partial charge in [0.25, 0.3) is 0 Å². The second-order valence-electron chi connectivity index (χ2n) is 4.30. The van der Waals surface area contributed by atoms with Crippen LogP contribution in [0.25, 0.3) is 0 Å². The number of benzene rings is 1. The second kappa shape index (κ2) is 15.6. The van der Waals surface area contributed by atoms with E-state index >= 15 is 0 Å². The summed E-state index contributed by atoms with van der Waals surface area (Å²) < 4.78 is 29.9. The van der Waals surface area contributed by atoms with Crippen molar-refractivity contribution in [2.75, 3.05) is 12.3 Å². The molecule has 0 aliphatic heterocycles. The Morgan fingerprint density at radius 3 is 2.10 bits per heavy atom. The van der Waals surface area contributed by atoms with Crippen LogP contribution in [0.4, 0.5) is 4.39 Å². The van der Waals surface area contributed by atoms with E-state index in [1.54, 1.807) is 6.92 Å². The molecule has 0 radical (unpaired) electrons. The third-order valence-electron chi connectivity index (χ3n) is 2.44. The van der Waals surface area contributed by atoms with Crippen molar-refractivity contribution in [2.45, 2.75) is 53.5 Å². The summed E-state index contributed by atoms with van der Waals surface area (Å²) in [6.45, 7) is 11.0. The smallest absolute Gasteiger partial charge is 0.152 e. The first-order valence-electron chi connectivity index (χ1n) is 7.54. The fourth-order valence-electron chi connectivity index (χ4n) is 1.44. The second-order valence-corrected chi connectivity index (χ2v) is 5.52. The molecule has 0 amide bonds. The molecule has 124 valence electrons. The Labute approximate surface area is 131 Å². The van der Waals surface area contributed by atoms with Gasteiger partial charge in [-0.2, -0.15) is 0 Å². The van der Waals surface area contributed by atoms with Crippen LogP contribution < -0.4 is 5.32 Å². The van der Waals surface area contributed by atoms with Crippen molar-refractivity contribution in [2.24, 2.45) is 0 Å². The first-order valence-corrected chi connectivity index (χ1v) is 8.82. The Morgan fingerprint density at radius 2 is 1.71 bits per heavy atom. The highest BCUT2D eigenvalue weighted by Gasteiger charge is 2.01. The monoisotopic (exact) mass is 319 g/mol. The van der Waals surface area contributed by atoms with Crippen LogP contribution in [-0.4, -0.2) is 27.1 Å². The third kappa shape index (κ3) is 15.4. The van der Waals surface area contributed by atoms with Crippen LogP contribution >= 0.6 is 0 Å². The first-order chi connectivity index (χ1) is 9.99. The van der Waals surface area contributed by atoms with Crippen LogP contribution in [0.2, 0.25) is 0 Å². The average molecular weight is 319 g/mol. The molecule has 21 heavy (non-hydrogen) atoms. The molecule has 2 atom stereocenters. The fraction of sp³-hybridized carbons (Fsp3) is 0.625. The Bertz CT molecular complexity index is 358. The summed E-state index contributed by atoms with van der Waals surface area (Å²) in [5.74, 6) is 0.169. The lowest BCUT2D eigenvalue weighted by atomic mass is 10.1. The van der Waals surface area contributed by atoms with Gasteiger partial charge in [0.2, 0.25) is 0 Å². The summed E-state index contributed by atoms with van der Waals surface area (Å²) in [6, 6.07) is 7.18. The van der Waals surface area contributed by atoms with Crippen LogP contribution in [0.5, 0.6) is 0 Å². The highest BCUT2D eigenvalue weighted by Crippen LogP contribution is 2.05.